The molecule has 0 unspecified atom stereocenters. The van der Waals surface area contributed by atoms with Crippen LogP contribution in [0.4, 0.5) is 0 Å². The number of benzene rings is 3. The Balaban J connectivity index is 1.40. The Morgan fingerprint density at radius 3 is 2.20 bits per heavy atom. The van der Waals surface area contributed by atoms with Crippen LogP contribution in [0.1, 0.15) is 70.7 Å². The third-order valence-electron chi connectivity index (χ3n) is 11.8. The third kappa shape index (κ3) is 4.76. The lowest BCUT2D eigenvalue weighted by Gasteiger charge is -2.27. The molecule has 0 fully saturated rings. The van der Waals surface area contributed by atoms with Gasteiger partial charge in [0.2, 0.25) is 11.4 Å². The van der Waals surface area contributed by atoms with Gasteiger partial charge in [0.15, 0.2) is 23.6 Å². The SMILES string of the molecule is C=C1CC(CC)(CC)[n+]2ccccc2-c2cc3c4cc(C(C)(C)C)cc5c6ccccc6n(c3nc2CCc2ccccc2-c2cccc[n+]21)c54. The normalized spacial score (nSPS) is 14.9. The van der Waals surface area contributed by atoms with Crippen molar-refractivity contribution in [1.29, 1.82) is 0 Å². The first-order chi connectivity index (χ1) is 24.7. The van der Waals surface area contributed by atoms with E-state index in [4.69, 9.17) is 11.6 Å². The quantitative estimate of drug-likeness (QED) is 0.169. The summed E-state index contributed by atoms with van der Waals surface area (Å²) in [5.74, 6) is 0. The van der Waals surface area contributed by atoms with Crippen LogP contribution in [0, 0.1) is 0 Å². The van der Waals surface area contributed by atoms with Crippen LogP contribution < -0.4 is 9.13 Å². The standard InChI is InChI=1S/C47H46N4/c1-7-47(8-2)30-31(3)49-25-15-13-20-41(49)34-18-10-9-17-32(34)23-24-40-39(42-21-14-16-26-50(42)47)29-38-37-28-33(46(4,5)6)27-36-35-19-11-12-22-43(35)51(44(36)37)45(38)48-40/h9-22,25-29H,3,7-8,23-24,30H2,1-2,4-6H3/q+2. The van der Waals surface area contributed by atoms with E-state index in [1.807, 2.05) is 0 Å². The molecule has 3 aromatic carbocycles. The van der Waals surface area contributed by atoms with Crippen molar-refractivity contribution < 1.29 is 9.13 Å². The van der Waals surface area contributed by atoms with E-state index in [1.165, 1.54) is 66.2 Å². The zero-order valence-electron chi connectivity index (χ0n) is 30.5. The first kappa shape index (κ1) is 31.6. The van der Waals surface area contributed by atoms with Crippen molar-refractivity contribution in [2.75, 3.05) is 0 Å². The summed E-state index contributed by atoms with van der Waals surface area (Å²) in [5.41, 5.74) is 13.2. The molecule has 51 heavy (non-hydrogen) atoms. The largest absolute Gasteiger partial charge is 0.293 e. The lowest BCUT2D eigenvalue weighted by atomic mass is 9.85. The molecule has 0 saturated heterocycles. The number of rotatable bonds is 2. The van der Waals surface area contributed by atoms with Crippen molar-refractivity contribution in [3.63, 3.8) is 0 Å². The molecule has 1 aliphatic heterocycles. The molecular weight excluding hydrogens is 621 g/mol. The topological polar surface area (TPSA) is 25.1 Å². The van der Waals surface area contributed by atoms with E-state index in [0.717, 1.165) is 49.1 Å². The lowest BCUT2D eigenvalue weighted by Crippen LogP contribution is -2.58. The molecule has 0 atom stereocenters. The highest BCUT2D eigenvalue weighted by molar-refractivity contribution is 6.23. The summed E-state index contributed by atoms with van der Waals surface area (Å²) in [6.07, 6.45) is 8.95. The van der Waals surface area contributed by atoms with Gasteiger partial charge < -0.3 is 0 Å². The number of allylic oxidation sites excluding steroid dienone is 1. The van der Waals surface area contributed by atoms with E-state index in [-0.39, 0.29) is 11.0 Å². The molecule has 4 nitrogen and oxygen atoms in total. The van der Waals surface area contributed by atoms with Gasteiger partial charge in [0, 0.05) is 64.2 Å². The van der Waals surface area contributed by atoms with E-state index >= 15 is 0 Å². The van der Waals surface area contributed by atoms with Gasteiger partial charge >= 0.3 is 0 Å². The van der Waals surface area contributed by atoms with Crippen LogP contribution in [-0.2, 0) is 23.8 Å². The third-order valence-corrected chi connectivity index (χ3v) is 11.8. The molecule has 8 aromatic rings. The summed E-state index contributed by atoms with van der Waals surface area (Å²) in [5, 5.41) is 5.10. The van der Waals surface area contributed by atoms with Crippen LogP contribution in [0.2, 0.25) is 0 Å². The summed E-state index contributed by atoms with van der Waals surface area (Å²) in [7, 11) is 0. The summed E-state index contributed by atoms with van der Waals surface area (Å²) in [6.45, 7) is 16.4. The van der Waals surface area contributed by atoms with Crippen LogP contribution in [0.25, 0.3) is 66.4 Å². The fraction of sp³-hybridized carbons (Fsp3) is 0.255. The van der Waals surface area contributed by atoms with Crippen LogP contribution >= 0.6 is 0 Å². The van der Waals surface area contributed by atoms with Crippen molar-refractivity contribution >= 4 is 43.9 Å². The minimum absolute atomic E-state index is 0.00873. The van der Waals surface area contributed by atoms with Crippen molar-refractivity contribution in [3.05, 3.63) is 139 Å². The van der Waals surface area contributed by atoms with E-state index < -0.39 is 0 Å². The minimum atomic E-state index is -0.182. The maximum atomic E-state index is 5.76. The van der Waals surface area contributed by atoms with Gasteiger partial charge in [-0.3, -0.25) is 4.40 Å². The Morgan fingerprint density at radius 1 is 0.725 bits per heavy atom. The number of hydrogen-bond donors (Lipinski definition) is 0. The molecule has 0 radical (unpaired) electrons. The Bertz CT molecular complexity index is 2650. The molecule has 5 aromatic heterocycles. The van der Waals surface area contributed by atoms with E-state index in [1.54, 1.807) is 0 Å². The summed E-state index contributed by atoms with van der Waals surface area (Å²) >= 11 is 0. The monoisotopic (exact) mass is 666 g/mol. The smallest absolute Gasteiger partial charge is 0.218 e. The van der Waals surface area contributed by atoms with Gasteiger partial charge in [-0.25, -0.2) is 4.98 Å². The molecule has 252 valence electrons. The highest BCUT2D eigenvalue weighted by atomic mass is 15.1. The summed E-state index contributed by atoms with van der Waals surface area (Å²) in [6, 6.07) is 38.3. The molecule has 0 N–H and O–H groups in total. The van der Waals surface area contributed by atoms with Crippen LogP contribution in [0.3, 0.4) is 0 Å². The molecule has 1 aliphatic rings. The average Bonchev–Trinajstić information content (AvgIpc) is 3.66. The van der Waals surface area contributed by atoms with Crippen molar-refractivity contribution in [2.45, 2.75) is 77.7 Å². The number of nitrogens with zero attached hydrogens (tertiary/aromatic N) is 4. The highest BCUT2D eigenvalue weighted by Crippen LogP contribution is 2.43. The predicted octanol–water partition coefficient (Wildman–Crippen LogP) is 10.6. The molecule has 4 heteroatoms. The van der Waals surface area contributed by atoms with E-state index in [0.29, 0.717) is 0 Å². The minimum Gasteiger partial charge on any atom is -0.293 e. The molecule has 0 amide bonds. The van der Waals surface area contributed by atoms with Gasteiger partial charge in [0.25, 0.3) is 0 Å². The fourth-order valence-electron chi connectivity index (χ4n) is 8.92. The molecule has 9 rings (SSSR count). The number of fused-ring (bicyclic) bond motifs is 12. The van der Waals surface area contributed by atoms with E-state index in [2.05, 4.69) is 164 Å². The first-order valence-electron chi connectivity index (χ1n) is 18.6. The zero-order valence-corrected chi connectivity index (χ0v) is 30.5. The maximum absolute atomic E-state index is 5.76. The Hall–Kier alpha value is -5.35. The summed E-state index contributed by atoms with van der Waals surface area (Å²) in [4.78, 5) is 5.76. The van der Waals surface area contributed by atoms with Crippen LogP contribution in [0.15, 0.2) is 122 Å². The Morgan fingerprint density at radius 2 is 1.41 bits per heavy atom. The van der Waals surface area contributed by atoms with Gasteiger partial charge in [0.1, 0.15) is 5.65 Å². The number of hydrogen-bond acceptors (Lipinski definition) is 1. The number of para-hydroxylation sites is 1. The Labute approximate surface area is 300 Å². The second-order valence-electron chi connectivity index (χ2n) is 15.6. The van der Waals surface area contributed by atoms with Crippen LogP contribution in [-0.4, -0.2) is 9.38 Å². The molecule has 6 heterocycles. The fourth-order valence-corrected chi connectivity index (χ4v) is 8.92. The molecule has 0 bridgehead atoms. The lowest BCUT2D eigenvalue weighted by molar-refractivity contribution is -0.758. The average molecular weight is 667 g/mol. The first-order valence-corrected chi connectivity index (χ1v) is 18.6. The summed E-state index contributed by atoms with van der Waals surface area (Å²) < 4.78 is 7.33. The zero-order chi connectivity index (χ0) is 35.1. The molecule has 0 saturated carbocycles. The maximum Gasteiger partial charge on any atom is 0.218 e. The van der Waals surface area contributed by atoms with Gasteiger partial charge in [0.05, 0.1) is 28.7 Å². The predicted molar refractivity (Wildman–Crippen MR) is 211 cm³/mol. The highest BCUT2D eigenvalue weighted by Gasteiger charge is 2.42. The molecular formula is C47H46N4+2. The van der Waals surface area contributed by atoms with Crippen molar-refractivity contribution in [2.24, 2.45) is 0 Å². The van der Waals surface area contributed by atoms with Gasteiger partial charge in [-0.2, -0.15) is 9.13 Å². The Kier molecular flexibility index (Phi) is 7.19. The van der Waals surface area contributed by atoms with Gasteiger partial charge in [-0.1, -0.05) is 71.0 Å². The van der Waals surface area contributed by atoms with Crippen molar-refractivity contribution in [3.8, 4) is 22.5 Å². The van der Waals surface area contributed by atoms with Gasteiger partial charge in [-0.05, 0) is 78.4 Å². The number of aromatic nitrogens is 4. The second-order valence-corrected chi connectivity index (χ2v) is 15.6. The van der Waals surface area contributed by atoms with Crippen molar-refractivity contribution in [1.82, 2.24) is 9.38 Å². The van der Waals surface area contributed by atoms with Gasteiger partial charge in [-0.15, -0.1) is 0 Å². The second kappa shape index (κ2) is 11.6. The number of aryl methyl sites for hydroxylation is 2. The van der Waals surface area contributed by atoms with E-state index in [9.17, 15) is 0 Å². The molecule has 0 spiro atoms. The van der Waals surface area contributed by atoms with Crippen LogP contribution in [0.5, 0.6) is 0 Å². The number of pyridine rings is 3. The molecule has 0 aliphatic carbocycles.